The molecule has 0 bridgehead atoms. The van der Waals surface area contributed by atoms with Crippen molar-refractivity contribution in [1.82, 2.24) is 0 Å². The van der Waals surface area contributed by atoms with Gasteiger partial charge in [0.25, 0.3) is 0 Å². The first-order chi connectivity index (χ1) is 35.3. The normalized spacial score (nSPS) is 12.0. The van der Waals surface area contributed by atoms with Gasteiger partial charge in [-0.3, -0.25) is 0 Å². The summed E-state index contributed by atoms with van der Waals surface area (Å²) in [5, 5.41) is 7.76. The Kier molecular flexibility index (Phi) is 14.9. The molecule has 364 valence electrons. The standard InChI is InChI=1S/C21H20.C15H14O.C14H12O.C13H12.C8H10/c1-13-9-10-17-18(11-13)21(3,4)19-12-14(2)15-7-5-6-8-16(15)20(17)19;1-10(2)11-7-5-9-14-15(11)12-6-3-4-8-13(12)16-14;1-2-10-6-5-9-13-14(10)11-7-3-4-8-12(11)15-13;1-11-6-5-9-13(10-11)12-7-3-2-4-8-12;1-7-4-3-5-8(2)6-7/h5-12H,1-4H3;3-10H,1-2H3;3-9H,2H2,1H3;2-10H,1H3;3-6H,1-2H3. The molecule has 0 amide bonds. The van der Waals surface area contributed by atoms with Crippen LogP contribution in [0.5, 0.6) is 0 Å². The lowest BCUT2D eigenvalue weighted by Crippen LogP contribution is -2.15. The second-order valence-corrected chi connectivity index (χ2v) is 20.4. The van der Waals surface area contributed by atoms with Crippen LogP contribution in [0.3, 0.4) is 0 Å². The minimum atomic E-state index is 0.0888. The van der Waals surface area contributed by atoms with Crippen LogP contribution in [-0.2, 0) is 11.8 Å². The molecule has 2 nitrogen and oxygen atoms in total. The van der Waals surface area contributed by atoms with E-state index < -0.39 is 0 Å². The van der Waals surface area contributed by atoms with E-state index in [2.05, 4.69) is 239 Å². The number of hydrogen-bond acceptors (Lipinski definition) is 2. The molecule has 13 rings (SSSR count). The third-order valence-electron chi connectivity index (χ3n) is 14.3. The monoisotopic (exact) mass is 953 g/mol. The summed E-state index contributed by atoms with van der Waals surface area (Å²) in [7, 11) is 0. The quantitative estimate of drug-likeness (QED) is 0.176. The summed E-state index contributed by atoms with van der Waals surface area (Å²) in [5.74, 6) is 0.518. The molecular weight excluding hydrogens is 885 g/mol. The van der Waals surface area contributed by atoms with Gasteiger partial charge >= 0.3 is 0 Å². The molecule has 73 heavy (non-hydrogen) atoms. The van der Waals surface area contributed by atoms with E-state index in [9.17, 15) is 0 Å². The van der Waals surface area contributed by atoms with E-state index in [1.165, 1.54) is 105 Å². The van der Waals surface area contributed by atoms with Gasteiger partial charge in [-0.05, 0) is 132 Å². The van der Waals surface area contributed by atoms with Gasteiger partial charge in [0.2, 0.25) is 0 Å². The molecule has 0 aliphatic heterocycles. The highest BCUT2D eigenvalue weighted by atomic mass is 16.3. The van der Waals surface area contributed by atoms with Gasteiger partial charge in [0.05, 0.1) is 0 Å². The number of fused-ring (bicyclic) bond motifs is 11. The van der Waals surface area contributed by atoms with Crippen molar-refractivity contribution in [2.45, 2.75) is 87.0 Å². The fourth-order valence-electron chi connectivity index (χ4n) is 10.6. The Balaban J connectivity index is 0.000000116. The summed E-state index contributed by atoms with van der Waals surface area (Å²) in [6.07, 6.45) is 1.04. The van der Waals surface area contributed by atoms with Crippen LogP contribution < -0.4 is 0 Å². The maximum Gasteiger partial charge on any atom is 0.135 e. The summed E-state index contributed by atoms with van der Waals surface area (Å²) >= 11 is 0. The van der Waals surface area contributed by atoms with Crippen LogP contribution in [-0.4, -0.2) is 0 Å². The Labute approximate surface area is 433 Å². The molecule has 2 heterocycles. The molecule has 1 aliphatic carbocycles. The van der Waals surface area contributed by atoms with E-state index in [0.717, 1.165) is 28.8 Å². The Morgan fingerprint density at radius 2 is 0.890 bits per heavy atom. The minimum Gasteiger partial charge on any atom is -0.456 e. The van der Waals surface area contributed by atoms with Crippen LogP contribution in [0.25, 0.3) is 76.9 Å². The van der Waals surface area contributed by atoms with E-state index in [1.54, 1.807) is 0 Å². The van der Waals surface area contributed by atoms with Gasteiger partial charge in [-0.1, -0.05) is 245 Å². The summed E-state index contributed by atoms with van der Waals surface area (Å²) in [5.41, 5.74) is 21.8. The van der Waals surface area contributed by atoms with Crippen molar-refractivity contribution in [3.8, 4) is 22.3 Å². The third-order valence-corrected chi connectivity index (χ3v) is 14.3. The zero-order chi connectivity index (χ0) is 51.2. The lowest BCUT2D eigenvalue weighted by molar-refractivity contribution is 0.659. The fourth-order valence-corrected chi connectivity index (χ4v) is 10.6. The Morgan fingerprint density at radius 3 is 1.49 bits per heavy atom. The largest absolute Gasteiger partial charge is 0.456 e. The van der Waals surface area contributed by atoms with Gasteiger partial charge in [-0.15, -0.1) is 0 Å². The number of rotatable bonds is 3. The fraction of sp³-hybridized carbons (Fsp3) is 0.183. The van der Waals surface area contributed by atoms with Gasteiger partial charge in [-0.2, -0.15) is 0 Å². The predicted octanol–water partition coefficient (Wildman–Crippen LogP) is 20.6. The van der Waals surface area contributed by atoms with Crippen LogP contribution in [0.4, 0.5) is 0 Å². The van der Waals surface area contributed by atoms with E-state index in [4.69, 9.17) is 8.83 Å². The first-order valence-corrected chi connectivity index (χ1v) is 25.9. The van der Waals surface area contributed by atoms with E-state index in [-0.39, 0.29) is 5.41 Å². The molecule has 0 N–H and O–H groups in total. The molecule has 2 aromatic heterocycles. The number of aryl methyl sites for hydroxylation is 6. The molecule has 0 radical (unpaired) electrons. The highest BCUT2D eigenvalue weighted by molar-refractivity contribution is 6.08. The van der Waals surface area contributed by atoms with Gasteiger partial charge in [-0.25, -0.2) is 0 Å². The van der Waals surface area contributed by atoms with Crippen LogP contribution in [0.15, 0.2) is 221 Å². The zero-order valence-corrected chi connectivity index (χ0v) is 44.3. The van der Waals surface area contributed by atoms with E-state index in [1.807, 2.05) is 42.5 Å². The molecule has 12 aromatic rings. The van der Waals surface area contributed by atoms with E-state index >= 15 is 0 Å². The lowest BCUT2D eigenvalue weighted by atomic mass is 9.81. The highest BCUT2D eigenvalue weighted by Crippen LogP contribution is 2.52. The highest BCUT2D eigenvalue weighted by Gasteiger charge is 2.36. The molecular formula is C71H68O2. The molecule has 0 saturated heterocycles. The summed E-state index contributed by atoms with van der Waals surface area (Å²) in [6, 6.07) is 74.6. The van der Waals surface area contributed by atoms with Crippen molar-refractivity contribution in [2.75, 3.05) is 0 Å². The Hall–Kier alpha value is -7.94. The summed E-state index contributed by atoms with van der Waals surface area (Å²) < 4.78 is 11.6. The lowest BCUT2D eigenvalue weighted by Gasteiger charge is -2.22. The Bertz CT molecular complexity index is 3820. The van der Waals surface area contributed by atoms with Crippen molar-refractivity contribution < 1.29 is 8.83 Å². The van der Waals surface area contributed by atoms with Gasteiger partial charge in [0, 0.05) is 27.0 Å². The van der Waals surface area contributed by atoms with Gasteiger partial charge in [0.15, 0.2) is 0 Å². The van der Waals surface area contributed by atoms with Crippen molar-refractivity contribution in [2.24, 2.45) is 0 Å². The second-order valence-electron chi connectivity index (χ2n) is 20.4. The van der Waals surface area contributed by atoms with Crippen molar-refractivity contribution in [3.63, 3.8) is 0 Å². The maximum atomic E-state index is 5.84. The average molecular weight is 953 g/mol. The molecule has 0 fully saturated rings. The van der Waals surface area contributed by atoms with Gasteiger partial charge < -0.3 is 8.83 Å². The van der Waals surface area contributed by atoms with Crippen molar-refractivity contribution in [1.29, 1.82) is 0 Å². The second kappa shape index (κ2) is 21.8. The predicted molar refractivity (Wildman–Crippen MR) is 314 cm³/mol. The van der Waals surface area contributed by atoms with Crippen LogP contribution in [0, 0.1) is 34.6 Å². The Morgan fingerprint density at radius 1 is 0.397 bits per heavy atom. The number of para-hydroxylation sites is 2. The molecule has 1 aliphatic rings. The molecule has 0 unspecified atom stereocenters. The molecule has 0 saturated carbocycles. The molecule has 10 aromatic carbocycles. The third kappa shape index (κ3) is 10.7. The first kappa shape index (κ1) is 50.0. The number of benzene rings is 10. The first-order valence-electron chi connectivity index (χ1n) is 25.9. The minimum absolute atomic E-state index is 0.0888. The van der Waals surface area contributed by atoms with Crippen LogP contribution in [0.2, 0.25) is 0 Å². The van der Waals surface area contributed by atoms with Crippen molar-refractivity contribution >= 4 is 54.6 Å². The van der Waals surface area contributed by atoms with Crippen LogP contribution in [0.1, 0.15) is 90.6 Å². The summed E-state index contributed by atoms with van der Waals surface area (Å²) in [6.45, 7) is 22.1. The average Bonchev–Trinajstić information content (AvgIpc) is 4.05. The number of hydrogen-bond donors (Lipinski definition) is 0. The van der Waals surface area contributed by atoms with Crippen molar-refractivity contribution in [3.05, 3.63) is 262 Å². The van der Waals surface area contributed by atoms with E-state index in [0.29, 0.717) is 5.92 Å². The topological polar surface area (TPSA) is 26.3 Å². The maximum absolute atomic E-state index is 5.84. The van der Waals surface area contributed by atoms with Gasteiger partial charge in [0.1, 0.15) is 22.3 Å². The summed E-state index contributed by atoms with van der Waals surface area (Å²) in [4.78, 5) is 0. The molecule has 2 heteroatoms. The number of furan rings is 2. The molecule has 0 spiro atoms. The SMILES string of the molecule is CC(C)c1cccc2oc3ccccc3c12.CCc1cccc2oc3ccccc3c12.Cc1ccc2c(c1)C(C)(C)c1cc(C)c3ccccc3c1-2.Cc1cccc(-c2ccccc2)c1.Cc1cccc(C)c1. The molecule has 0 atom stereocenters. The zero-order valence-electron chi connectivity index (χ0n) is 44.3. The smallest absolute Gasteiger partial charge is 0.135 e. The van der Waals surface area contributed by atoms with Crippen LogP contribution >= 0.6 is 0 Å².